The van der Waals surface area contributed by atoms with E-state index in [-0.39, 0.29) is 4.99 Å². The molecule has 0 atom stereocenters. The predicted octanol–water partition coefficient (Wildman–Crippen LogP) is 2.63. The number of benzene rings is 1. The largest absolute Gasteiger partial charge is 0.405 e. The van der Waals surface area contributed by atoms with Crippen molar-refractivity contribution in [2.24, 2.45) is 5.73 Å². The quantitative estimate of drug-likeness (QED) is 0.849. The Hall–Kier alpha value is -1.30. The van der Waals surface area contributed by atoms with Crippen molar-refractivity contribution in [2.45, 2.75) is 13.1 Å². The molecule has 0 aliphatic rings. The van der Waals surface area contributed by atoms with Crippen molar-refractivity contribution in [3.63, 3.8) is 0 Å². The van der Waals surface area contributed by atoms with Crippen molar-refractivity contribution in [3.05, 3.63) is 29.3 Å². The number of rotatable bonds is 3. The van der Waals surface area contributed by atoms with E-state index in [1.807, 2.05) is 0 Å². The highest BCUT2D eigenvalue weighted by Gasteiger charge is 2.29. The fourth-order valence-corrected chi connectivity index (χ4v) is 1.75. The predicted molar refractivity (Wildman–Crippen MR) is 66.4 cm³/mol. The summed E-state index contributed by atoms with van der Waals surface area (Å²) >= 11 is 4.83. The molecule has 1 aromatic rings. The molecule has 0 saturated heterocycles. The molecule has 0 saturated carbocycles. The Labute approximate surface area is 103 Å². The van der Waals surface area contributed by atoms with Crippen molar-refractivity contribution in [2.75, 3.05) is 18.5 Å². The molecule has 0 heterocycles. The topological polar surface area (TPSA) is 29.3 Å². The number of nitrogens with two attached hydrogens (primary N) is 1. The number of aryl methyl sites for hydroxylation is 1. The highest BCUT2D eigenvalue weighted by molar-refractivity contribution is 7.80. The van der Waals surface area contributed by atoms with Crippen molar-refractivity contribution >= 4 is 22.9 Å². The van der Waals surface area contributed by atoms with E-state index < -0.39 is 12.7 Å². The third-order valence-electron chi connectivity index (χ3n) is 2.33. The van der Waals surface area contributed by atoms with Gasteiger partial charge in [0.05, 0.1) is 0 Å². The van der Waals surface area contributed by atoms with Gasteiger partial charge in [-0.25, -0.2) is 0 Å². The van der Waals surface area contributed by atoms with Crippen LogP contribution in [0.4, 0.5) is 18.9 Å². The lowest BCUT2D eigenvalue weighted by molar-refractivity contribution is -0.119. The average molecular weight is 262 g/mol. The molecule has 0 spiro atoms. The van der Waals surface area contributed by atoms with E-state index in [4.69, 9.17) is 18.0 Å². The van der Waals surface area contributed by atoms with Crippen LogP contribution in [0, 0.1) is 6.92 Å². The van der Waals surface area contributed by atoms with Crippen LogP contribution in [0.25, 0.3) is 0 Å². The minimum absolute atomic E-state index is 0.243. The Balaban J connectivity index is 2.94. The standard InChI is InChI=1S/C11H13F3N2S/c1-7-5-8(3-4-9(7)10(15)17)16(2)6-11(12,13)14/h3-5H,6H2,1-2H3,(H2,15,17). The maximum absolute atomic E-state index is 12.2. The lowest BCUT2D eigenvalue weighted by Crippen LogP contribution is -2.30. The van der Waals surface area contributed by atoms with Gasteiger partial charge < -0.3 is 10.6 Å². The molecule has 2 N–H and O–H groups in total. The van der Waals surface area contributed by atoms with Gasteiger partial charge >= 0.3 is 6.18 Å². The summed E-state index contributed by atoms with van der Waals surface area (Å²) in [5, 5.41) is 0. The van der Waals surface area contributed by atoms with Crippen LogP contribution in [0.3, 0.4) is 0 Å². The fraction of sp³-hybridized carbons (Fsp3) is 0.364. The van der Waals surface area contributed by atoms with Crippen LogP contribution in [-0.4, -0.2) is 24.8 Å². The van der Waals surface area contributed by atoms with E-state index in [2.05, 4.69) is 0 Å². The molecule has 0 amide bonds. The fourth-order valence-electron chi connectivity index (χ4n) is 1.52. The van der Waals surface area contributed by atoms with Gasteiger partial charge in [0.1, 0.15) is 11.5 Å². The Kier molecular flexibility index (Phi) is 3.98. The molecule has 0 bridgehead atoms. The molecule has 2 nitrogen and oxygen atoms in total. The van der Waals surface area contributed by atoms with Gasteiger partial charge in [0.15, 0.2) is 0 Å². The minimum atomic E-state index is -4.22. The van der Waals surface area contributed by atoms with E-state index in [9.17, 15) is 13.2 Å². The molecule has 1 rings (SSSR count). The molecule has 1 aromatic carbocycles. The van der Waals surface area contributed by atoms with E-state index in [1.165, 1.54) is 7.05 Å². The number of nitrogens with zero attached hydrogens (tertiary/aromatic N) is 1. The van der Waals surface area contributed by atoms with Crippen LogP contribution in [-0.2, 0) is 0 Å². The van der Waals surface area contributed by atoms with Gasteiger partial charge in [0.2, 0.25) is 0 Å². The first-order chi connectivity index (χ1) is 7.70. The number of halogens is 3. The lowest BCUT2D eigenvalue weighted by Gasteiger charge is -2.21. The summed E-state index contributed by atoms with van der Waals surface area (Å²) in [5.41, 5.74) is 7.42. The molecule has 0 fully saturated rings. The highest BCUT2D eigenvalue weighted by atomic mass is 32.1. The number of hydrogen-bond donors (Lipinski definition) is 1. The molecule has 0 aromatic heterocycles. The Morgan fingerprint density at radius 2 is 2.00 bits per heavy atom. The van der Waals surface area contributed by atoms with Crippen LogP contribution in [0.15, 0.2) is 18.2 Å². The Morgan fingerprint density at radius 1 is 1.41 bits per heavy atom. The number of anilines is 1. The normalized spacial score (nSPS) is 11.4. The first kappa shape index (κ1) is 13.8. The summed E-state index contributed by atoms with van der Waals surface area (Å²) in [5.74, 6) is 0. The van der Waals surface area contributed by atoms with Crippen LogP contribution < -0.4 is 10.6 Å². The highest BCUT2D eigenvalue weighted by Crippen LogP contribution is 2.22. The minimum Gasteiger partial charge on any atom is -0.389 e. The smallest absolute Gasteiger partial charge is 0.389 e. The van der Waals surface area contributed by atoms with Crippen LogP contribution in [0.5, 0.6) is 0 Å². The second-order valence-electron chi connectivity index (χ2n) is 3.83. The summed E-state index contributed by atoms with van der Waals surface area (Å²) in [6, 6.07) is 4.85. The molecule has 17 heavy (non-hydrogen) atoms. The number of hydrogen-bond acceptors (Lipinski definition) is 2. The molecule has 0 unspecified atom stereocenters. The van der Waals surface area contributed by atoms with Gasteiger partial charge in [-0.15, -0.1) is 0 Å². The van der Waals surface area contributed by atoms with Gasteiger partial charge in [-0.3, -0.25) is 0 Å². The summed E-state index contributed by atoms with van der Waals surface area (Å²) in [6.45, 7) is 0.776. The van der Waals surface area contributed by atoms with Gasteiger partial charge in [0, 0.05) is 18.3 Å². The van der Waals surface area contributed by atoms with E-state index >= 15 is 0 Å². The zero-order valence-electron chi connectivity index (χ0n) is 9.51. The van der Waals surface area contributed by atoms with Crippen LogP contribution in [0.2, 0.25) is 0 Å². The van der Waals surface area contributed by atoms with Crippen molar-refractivity contribution in [3.8, 4) is 0 Å². The summed E-state index contributed by atoms with van der Waals surface area (Å²) in [7, 11) is 1.39. The first-order valence-electron chi connectivity index (χ1n) is 4.89. The second kappa shape index (κ2) is 4.91. The van der Waals surface area contributed by atoms with Crippen molar-refractivity contribution in [1.82, 2.24) is 0 Å². The lowest BCUT2D eigenvalue weighted by atomic mass is 10.1. The van der Waals surface area contributed by atoms with Gasteiger partial charge in [-0.2, -0.15) is 13.2 Å². The molecule has 0 aliphatic carbocycles. The summed E-state index contributed by atoms with van der Waals surface area (Å²) in [6.07, 6.45) is -4.22. The monoisotopic (exact) mass is 262 g/mol. The van der Waals surface area contributed by atoms with Crippen LogP contribution in [0.1, 0.15) is 11.1 Å². The third-order valence-corrected chi connectivity index (χ3v) is 2.55. The third kappa shape index (κ3) is 3.89. The molecule has 0 aliphatic heterocycles. The first-order valence-corrected chi connectivity index (χ1v) is 5.30. The van der Waals surface area contributed by atoms with E-state index in [0.717, 1.165) is 10.5 Å². The molecular formula is C11H13F3N2S. The molecule has 0 radical (unpaired) electrons. The van der Waals surface area contributed by atoms with Gasteiger partial charge in [-0.05, 0) is 30.7 Å². The van der Waals surface area contributed by atoms with Gasteiger partial charge in [0.25, 0.3) is 0 Å². The zero-order valence-corrected chi connectivity index (χ0v) is 10.3. The average Bonchev–Trinajstić information content (AvgIpc) is 2.14. The maximum Gasteiger partial charge on any atom is 0.405 e. The second-order valence-corrected chi connectivity index (χ2v) is 4.27. The van der Waals surface area contributed by atoms with Crippen LogP contribution >= 0.6 is 12.2 Å². The number of alkyl halides is 3. The maximum atomic E-state index is 12.2. The Bertz CT molecular complexity index is 429. The van der Waals surface area contributed by atoms with Crippen molar-refractivity contribution < 1.29 is 13.2 Å². The zero-order chi connectivity index (χ0) is 13.2. The van der Waals surface area contributed by atoms with E-state index in [1.54, 1.807) is 25.1 Å². The molecular weight excluding hydrogens is 249 g/mol. The van der Waals surface area contributed by atoms with Gasteiger partial charge in [-0.1, -0.05) is 12.2 Å². The molecule has 94 valence electrons. The SMILES string of the molecule is Cc1cc(N(C)CC(F)(F)F)ccc1C(N)=S. The van der Waals surface area contributed by atoms with Crippen molar-refractivity contribution in [1.29, 1.82) is 0 Å². The molecule has 6 heteroatoms. The number of thiocarbonyl (C=S) groups is 1. The Morgan fingerprint density at radius 3 is 2.41 bits per heavy atom. The van der Waals surface area contributed by atoms with E-state index in [0.29, 0.717) is 11.3 Å². The summed E-state index contributed by atoms with van der Waals surface area (Å²) in [4.78, 5) is 1.38. The summed E-state index contributed by atoms with van der Waals surface area (Å²) < 4.78 is 36.7.